The monoisotopic (exact) mass is 480 g/mol. The lowest BCUT2D eigenvalue weighted by atomic mass is 9.73. The Morgan fingerprint density at radius 2 is 1.85 bits per heavy atom. The van der Waals surface area contributed by atoms with E-state index in [1.807, 2.05) is 49.4 Å². The van der Waals surface area contributed by atoms with Crippen molar-refractivity contribution in [1.82, 2.24) is 10.6 Å². The van der Waals surface area contributed by atoms with Gasteiger partial charge in [-0.1, -0.05) is 63.6 Å². The number of carbonyl (C=O) groups is 2. The molecule has 3 N–H and O–H groups in total. The van der Waals surface area contributed by atoms with Gasteiger partial charge in [-0.25, -0.2) is 0 Å². The first kappa shape index (κ1) is 26.6. The Hall–Kier alpha value is -1.99. The summed E-state index contributed by atoms with van der Waals surface area (Å²) in [5, 5.41) is 18.7. The Bertz CT molecular complexity index is 967. The van der Waals surface area contributed by atoms with Gasteiger partial charge in [0.1, 0.15) is 6.04 Å². The molecule has 0 aromatic heterocycles. The van der Waals surface area contributed by atoms with E-state index in [1.165, 1.54) is 24.6 Å². The molecule has 2 aromatic carbocycles. The van der Waals surface area contributed by atoms with Crippen molar-refractivity contribution in [2.45, 2.75) is 76.0 Å². The van der Waals surface area contributed by atoms with Crippen molar-refractivity contribution in [1.29, 1.82) is 0 Å². The smallest absolute Gasteiger partial charge is 0.243 e. The summed E-state index contributed by atoms with van der Waals surface area (Å²) in [5.74, 6) is 1.07. The number of hydrogen-bond donors (Lipinski definition) is 3. The number of amides is 2. The second kappa shape index (κ2) is 12.6. The van der Waals surface area contributed by atoms with E-state index in [9.17, 15) is 14.7 Å². The van der Waals surface area contributed by atoms with Crippen molar-refractivity contribution >= 4 is 42.1 Å². The first-order valence-electron chi connectivity index (χ1n) is 12.4. The van der Waals surface area contributed by atoms with Crippen molar-refractivity contribution in [3.63, 3.8) is 0 Å². The molecule has 7 heteroatoms. The lowest BCUT2D eigenvalue weighted by molar-refractivity contribution is -0.124. The Kier molecular flexibility index (Phi) is 9.90. The van der Waals surface area contributed by atoms with Crippen LogP contribution in [0, 0.1) is 17.8 Å². The van der Waals surface area contributed by atoms with Crippen molar-refractivity contribution in [2.24, 2.45) is 17.8 Å². The number of thioether (sulfide) groups is 1. The third kappa shape index (κ3) is 7.26. The van der Waals surface area contributed by atoms with E-state index >= 15 is 0 Å². The normalized spacial score (nSPS) is 23.1. The standard InChI is InChI=1S/C27H37BN2O3S/c1-4-22(24(31)15-20-13-12-17(2)14-18(20)3)29-26(32)23(30-27(28)33)16-34-25-11-7-9-19-8-5-6-10-21(19)25/h5-11,17-18,20,22-24,31H,4,12-16H2,1-3H3,(H,29,32)(H,30,33)/t17?,18?,20?,22-,23+,24+/m0/s1. The molecule has 5 nitrogen and oxygen atoms in total. The molecule has 3 rings (SSSR count). The highest BCUT2D eigenvalue weighted by atomic mass is 32.2. The van der Waals surface area contributed by atoms with Gasteiger partial charge in [-0.05, 0) is 60.3 Å². The maximum atomic E-state index is 13.1. The van der Waals surface area contributed by atoms with E-state index in [-0.39, 0.29) is 11.9 Å². The van der Waals surface area contributed by atoms with Crippen LogP contribution in [-0.4, -0.2) is 48.6 Å². The van der Waals surface area contributed by atoms with Gasteiger partial charge in [0.05, 0.1) is 12.1 Å². The number of hydrogen-bond acceptors (Lipinski definition) is 4. The minimum absolute atomic E-state index is 0.317. The maximum Gasteiger partial charge on any atom is 0.243 e. The Morgan fingerprint density at radius 1 is 1.12 bits per heavy atom. The van der Waals surface area contributed by atoms with Gasteiger partial charge in [-0.3, -0.25) is 9.59 Å². The van der Waals surface area contributed by atoms with Gasteiger partial charge in [0.25, 0.3) is 0 Å². The summed E-state index contributed by atoms with van der Waals surface area (Å²) in [7, 11) is 5.38. The highest BCUT2D eigenvalue weighted by molar-refractivity contribution is 7.99. The fraction of sp³-hybridized carbons (Fsp3) is 0.556. The highest BCUT2D eigenvalue weighted by Gasteiger charge is 2.31. The molecule has 6 atom stereocenters. The first-order chi connectivity index (χ1) is 16.3. The summed E-state index contributed by atoms with van der Waals surface area (Å²) in [6.07, 6.45) is 4.19. The van der Waals surface area contributed by atoms with Gasteiger partial charge >= 0.3 is 0 Å². The Labute approximate surface area is 209 Å². The number of aliphatic hydroxyl groups excluding tert-OH is 1. The van der Waals surface area contributed by atoms with Crippen molar-refractivity contribution < 1.29 is 14.7 Å². The van der Waals surface area contributed by atoms with Gasteiger partial charge in [-0.15, -0.1) is 11.8 Å². The molecule has 1 saturated carbocycles. The molecule has 0 saturated heterocycles. The van der Waals surface area contributed by atoms with Crippen molar-refractivity contribution in [3.8, 4) is 0 Å². The molecular formula is C27H37BN2O3S. The van der Waals surface area contributed by atoms with Crippen LogP contribution in [0.4, 0.5) is 4.79 Å². The van der Waals surface area contributed by atoms with E-state index in [0.717, 1.165) is 28.0 Å². The zero-order valence-electron chi connectivity index (χ0n) is 20.5. The molecule has 0 bridgehead atoms. The van der Waals surface area contributed by atoms with E-state index in [1.54, 1.807) is 0 Å². The molecule has 34 heavy (non-hydrogen) atoms. The third-order valence-corrected chi connectivity index (χ3v) is 8.34. The van der Waals surface area contributed by atoms with Gasteiger partial charge in [-0.2, -0.15) is 0 Å². The van der Waals surface area contributed by atoms with E-state index in [0.29, 0.717) is 30.4 Å². The van der Waals surface area contributed by atoms with Crippen LogP contribution >= 0.6 is 11.8 Å². The van der Waals surface area contributed by atoms with Crippen LogP contribution in [0.3, 0.4) is 0 Å². The second-order valence-corrected chi connectivity index (χ2v) is 10.9. The summed E-state index contributed by atoms with van der Waals surface area (Å²) >= 11 is 1.51. The van der Waals surface area contributed by atoms with Crippen LogP contribution in [-0.2, 0) is 4.79 Å². The molecule has 2 radical (unpaired) electrons. The fourth-order valence-corrected chi connectivity index (χ4v) is 6.25. The van der Waals surface area contributed by atoms with Crippen LogP contribution in [0.1, 0.15) is 52.9 Å². The Morgan fingerprint density at radius 3 is 2.56 bits per heavy atom. The predicted octanol–water partition coefficient (Wildman–Crippen LogP) is 4.90. The van der Waals surface area contributed by atoms with Crippen molar-refractivity contribution in [2.75, 3.05) is 5.75 Å². The number of benzene rings is 2. The first-order valence-corrected chi connectivity index (χ1v) is 13.4. The highest BCUT2D eigenvalue weighted by Crippen LogP contribution is 2.36. The number of aliphatic hydroxyl groups is 1. The minimum atomic E-state index is -0.794. The summed E-state index contributed by atoms with van der Waals surface area (Å²) in [4.78, 5) is 25.8. The molecule has 182 valence electrons. The summed E-state index contributed by atoms with van der Waals surface area (Å²) in [5.41, 5.74) is 0. The average molecular weight is 480 g/mol. The lowest BCUT2D eigenvalue weighted by Gasteiger charge is -2.35. The van der Waals surface area contributed by atoms with E-state index < -0.39 is 18.0 Å². The van der Waals surface area contributed by atoms with E-state index in [2.05, 4.69) is 24.5 Å². The average Bonchev–Trinajstić information content (AvgIpc) is 2.81. The summed E-state index contributed by atoms with van der Waals surface area (Å²) < 4.78 is 0. The van der Waals surface area contributed by atoms with Crippen LogP contribution in [0.5, 0.6) is 0 Å². The summed E-state index contributed by atoms with van der Waals surface area (Å²) in [6, 6.07) is 13.0. The molecule has 1 aliphatic rings. The summed E-state index contributed by atoms with van der Waals surface area (Å²) in [6.45, 7) is 6.52. The molecule has 0 aliphatic heterocycles. The largest absolute Gasteiger partial charge is 0.391 e. The Balaban J connectivity index is 1.63. The van der Waals surface area contributed by atoms with Crippen molar-refractivity contribution in [3.05, 3.63) is 42.5 Å². The minimum Gasteiger partial charge on any atom is -0.391 e. The zero-order chi connectivity index (χ0) is 24.7. The number of carbonyl (C=O) groups excluding carboxylic acids is 2. The van der Waals surface area contributed by atoms with Gasteiger partial charge in [0.2, 0.25) is 13.8 Å². The zero-order valence-corrected chi connectivity index (χ0v) is 21.3. The van der Waals surface area contributed by atoms with Crippen LogP contribution < -0.4 is 10.6 Å². The molecule has 2 amide bonds. The molecule has 2 aromatic rings. The van der Waals surface area contributed by atoms with Crippen LogP contribution in [0.25, 0.3) is 10.8 Å². The van der Waals surface area contributed by atoms with Gasteiger partial charge in [0, 0.05) is 10.6 Å². The number of fused-ring (bicyclic) bond motifs is 1. The predicted molar refractivity (Wildman–Crippen MR) is 141 cm³/mol. The van der Waals surface area contributed by atoms with Gasteiger partial charge in [0.15, 0.2) is 5.81 Å². The topological polar surface area (TPSA) is 78.4 Å². The molecular weight excluding hydrogens is 443 g/mol. The molecule has 0 spiro atoms. The maximum absolute atomic E-state index is 13.1. The molecule has 1 fully saturated rings. The molecule has 1 aliphatic carbocycles. The quantitative estimate of drug-likeness (QED) is 0.334. The lowest BCUT2D eigenvalue weighted by Crippen LogP contribution is -2.53. The van der Waals surface area contributed by atoms with E-state index in [4.69, 9.17) is 7.85 Å². The SMILES string of the molecule is [B]C(=O)N[C@H](CSc1cccc2ccccc12)C(=O)N[C@@H](CC)[C@H](O)CC1CCC(C)CC1C. The molecule has 3 unspecified atom stereocenters. The third-order valence-electron chi connectivity index (χ3n) is 7.17. The van der Waals surface area contributed by atoms with Crippen LogP contribution in [0.2, 0.25) is 0 Å². The molecule has 0 heterocycles. The van der Waals surface area contributed by atoms with Gasteiger partial charge < -0.3 is 15.7 Å². The second-order valence-electron chi connectivity index (χ2n) is 9.83. The number of rotatable bonds is 10. The van der Waals surface area contributed by atoms with Crippen LogP contribution in [0.15, 0.2) is 47.4 Å². The fourth-order valence-electron chi connectivity index (χ4n) is 5.16. The number of nitrogens with one attached hydrogen (secondary N) is 2.